The van der Waals surface area contributed by atoms with Gasteiger partial charge in [-0.3, -0.25) is 0 Å². The van der Waals surface area contributed by atoms with Crippen LogP contribution in [0.5, 0.6) is 0 Å². The molecule has 19 heavy (non-hydrogen) atoms. The molecule has 106 valence electrons. The predicted molar refractivity (Wildman–Crippen MR) is 77.2 cm³/mol. The molecule has 2 atom stereocenters. The number of aliphatic hydroxyl groups excluding tert-OH is 1. The molecule has 1 aromatic heterocycles. The van der Waals surface area contributed by atoms with Gasteiger partial charge in [0.05, 0.1) is 12.1 Å². The first-order valence-corrected chi connectivity index (χ1v) is 7.08. The smallest absolute Gasteiger partial charge is 0.137 e. The second-order valence-corrected chi connectivity index (χ2v) is 5.36. The Kier molecular flexibility index (Phi) is 4.24. The highest BCUT2D eigenvalue weighted by molar-refractivity contribution is 5.56. The fourth-order valence-corrected chi connectivity index (χ4v) is 2.77. The van der Waals surface area contributed by atoms with Gasteiger partial charge in [-0.1, -0.05) is 19.8 Å². The second kappa shape index (κ2) is 5.74. The van der Waals surface area contributed by atoms with Crippen LogP contribution in [0.1, 0.15) is 44.0 Å². The average Bonchev–Trinajstić information content (AvgIpc) is 2.41. The summed E-state index contributed by atoms with van der Waals surface area (Å²) in [4.78, 5) is 10.9. The van der Waals surface area contributed by atoms with E-state index in [-0.39, 0.29) is 12.1 Å². The highest BCUT2D eigenvalue weighted by Gasteiger charge is 2.28. The molecule has 0 amide bonds. The van der Waals surface area contributed by atoms with Crippen molar-refractivity contribution in [2.24, 2.45) is 0 Å². The van der Waals surface area contributed by atoms with Gasteiger partial charge in [0.15, 0.2) is 0 Å². The minimum absolute atomic E-state index is 0.131. The van der Waals surface area contributed by atoms with E-state index < -0.39 is 0 Å². The zero-order chi connectivity index (χ0) is 14.0. The van der Waals surface area contributed by atoms with Gasteiger partial charge in [0, 0.05) is 19.0 Å². The van der Waals surface area contributed by atoms with Crippen molar-refractivity contribution in [3.63, 3.8) is 0 Å². The summed E-state index contributed by atoms with van der Waals surface area (Å²) >= 11 is 0. The van der Waals surface area contributed by atoms with Gasteiger partial charge in [-0.25, -0.2) is 9.97 Å². The van der Waals surface area contributed by atoms with Crippen molar-refractivity contribution in [2.75, 3.05) is 17.7 Å². The Balaban J connectivity index is 2.31. The average molecular weight is 264 g/mol. The van der Waals surface area contributed by atoms with Crippen molar-refractivity contribution in [2.45, 2.75) is 58.1 Å². The quantitative estimate of drug-likeness (QED) is 0.868. The number of aryl methyl sites for hydroxylation is 1. The van der Waals surface area contributed by atoms with Crippen molar-refractivity contribution in [3.8, 4) is 0 Å². The normalized spacial score (nSPS) is 23.4. The lowest BCUT2D eigenvalue weighted by Gasteiger charge is -2.36. The van der Waals surface area contributed by atoms with Crippen LogP contribution in [0.2, 0.25) is 0 Å². The summed E-state index contributed by atoms with van der Waals surface area (Å²) in [5.41, 5.74) is 6.86. The Morgan fingerprint density at radius 2 is 2.00 bits per heavy atom. The molecular formula is C14H24N4O. The molecule has 0 saturated heterocycles. The van der Waals surface area contributed by atoms with Gasteiger partial charge >= 0.3 is 0 Å². The predicted octanol–water partition coefficient (Wildman–Crippen LogP) is 1.67. The van der Waals surface area contributed by atoms with E-state index in [4.69, 9.17) is 5.73 Å². The number of nitrogens with zero attached hydrogens (tertiary/aromatic N) is 3. The number of aliphatic hydroxyl groups is 1. The Labute approximate surface area is 114 Å². The number of rotatable bonds is 3. The maximum atomic E-state index is 10.2. The third-order valence-electron chi connectivity index (χ3n) is 4.05. The Morgan fingerprint density at radius 3 is 2.63 bits per heavy atom. The van der Waals surface area contributed by atoms with Crippen LogP contribution in [0.4, 0.5) is 11.6 Å². The van der Waals surface area contributed by atoms with Gasteiger partial charge in [-0.15, -0.1) is 0 Å². The van der Waals surface area contributed by atoms with Gasteiger partial charge < -0.3 is 15.7 Å². The number of nitrogens with two attached hydrogens (primary N) is 1. The van der Waals surface area contributed by atoms with Crippen LogP contribution >= 0.6 is 0 Å². The van der Waals surface area contributed by atoms with E-state index in [1.54, 1.807) is 0 Å². The Hall–Kier alpha value is -1.36. The fraction of sp³-hybridized carbons (Fsp3) is 0.714. The summed E-state index contributed by atoms with van der Waals surface area (Å²) in [5.74, 6) is 2.16. The van der Waals surface area contributed by atoms with Gasteiger partial charge in [-0.05, 0) is 19.8 Å². The zero-order valence-electron chi connectivity index (χ0n) is 12.1. The minimum Gasteiger partial charge on any atom is -0.391 e. The van der Waals surface area contributed by atoms with Crippen LogP contribution in [0.25, 0.3) is 0 Å². The molecule has 0 spiro atoms. The summed E-state index contributed by atoms with van der Waals surface area (Å²) in [6.07, 6.45) is 4.62. The van der Waals surface area contributed by atoms with Crippen LogP contribution in [0.15, 0.2) is 0 Å². The summed E-state index contributed by atoms with van der Waals surface area (Å²) in [6, 6.07) is 0.131. The number of nitrogen functional groups attached to an aromatic ring is 1. The third kappa shape index (κ3) is 2.81. The van der Waals surface area contributed by atoms with E-state index in [0.717, 1.165) is 49.3 Å². The molecule has 5 nitrogen and oxygen atoms in total. The number of hydrogen-bond donors (Lipinski definition) is 2. The first-order valence-electron chi connectivity index (χ1n) is 7.08. The molecule has 0 bridgehead atoms. The first kappa shape index (κ1) is 14.1. The molecule has 1 aromatic rings. The van der Waals surface area contributed by atoms with Crippen molar-refractivity contribution in [1.29, 1.82) is 0 Å². The van der Waals surface area contributed by atoms with Crippen LogP contribution < -0.4 is 10.6 Å². The molecule has 1 aliphatic carbocycles. The summed E-state index contributed by atoms with van der Waals surface area (Å²) < 4.78 is 0. The van der Waals surface area contributed by atoms with Crippen LogP contribution in [0, 0.1) is 6.92 Å². The van der Waals surface area contributed by atoms with Crippen LogP contribution in [-0.4, -0.2) is 34.3 Å². The van der Waals surface area contributed by atoms with Crippen molar-refractivity contribution in [3.05, 3.63) is 11.4 Å². The topological polar surface area (TPSA) is 75.3 Å². The SMILES string of the molecule is CCc1nc(N)c(C)c(N(C)C2CCCCC2O)n1. The highest BCUT2D eigenvalue weighted by atomic mass is 16.3. The van der Waals surface area contributed by atoms with Crippen molar-refractivity contribution >= 4 is 11.6 Å². The Morgan fingerprint density at radius 1 is 1.32 bits per heavy atom. The number of anilines is 2. The van der Waals surface area contributed by atoms with E-state index in [9.17, 15) is 5.11 Å². The van der Waals surface area contributed by atoms with E-state index >= 15 is 0 Å². The van der Waals surface area contributed by atoms with E-state index in [1.165, 1.54) is 0 Å². The standard InChI is InChI=1S/C14H24N4O/c1-4-12-16-13(15)9(2)14(17-12)18(3)10-7-5-6-8-11(10)19/h10-11,19H,4-8H2,1-3H3,(H2,15,16,17). The molecular weight excluding hydrogens is 240 g/mol. The molecule has 1 fully saturated rings. The molecule has 5 heteroatoms. The van der Waals surface area contributed by atoms with E-state index in [1.807, 2.05) is 20.9 Å². The van der Waals surface area contributed by atoms with E-state index in [2.05, 4.69) is 14.9 Å². The molecule has 1 saturated carbocycles. The van der Waals surface area contributed by atoms with Gasteiger partial charge in [0.1, 0.15) is 17.5 Å². The molecule has 0 aliphatic heterocycles. The number of likely N-dealkylation sites (N-methyl/N-ethyl adjacent to an activating group) is 1. The van der Waals surface area contributed by atoms with Crippen LogP contribution in [0.3, 0.4) is 0 Å². The molecule has 0 radical (unpaired) electrons. The largest absolute Gasteiger partial charge is 0.391 e. The molecule has 1 heterocycles. The summed E-state index contributed by atoms with van der Waals surface area (Å²) in [5, 5.41) is 10.2. The maximum absolute atomic E-state index is 10.2. The number of hydrogen-bond acceptors (Lipinski definition) is 5. The lowest BCUT2D eigenvalue weighted by atomic mass is 9.91. The maximum Gasteiger partial charge on any atom is 0.137 e. The lowest BCUT2D eigenvalue weighted by molar-refractivity contribution is 0.106. The monoisotopic (exact) mass is 264 g/mol. The lowest BCUT2D eigenvalue weighted by Crippen LogP contribution is -2.44. The third-order valence-corrected chi connectivity index (χ3v) is 4.05. The van der Waals surface area contributed by atoms with Gasteiger partial charge in [0.25, 0.3) is 0 Å². The molecule has 1 aliphatic rings. The summed E-state index contributed by atoms with van der Waals surface area (Å²) in [7, 11) is 1.99. The first-order chi connectivity index (χ1) is 9.04. The summed E-state index contributed by atoms with van der Waals surface area (Å²) in [6.45, 7) is 3.96. The van der Waals surface area contributed by atoms with Crippen molar-refractivity contribution in [1.82, 2.24) is 9.97 Å². The zero-order valence-corrected chi connectivity index (χ0v) is 12.1. The van der Waals surface area contributed by atoms with Gasteiger partial charge in [0.2, 0.25) is 0 Å². The minimum atomic E-state index is -0.278. The van der Waals surface area contributed by atoms with Gasteiger partial charge in [-0.2, -0.15) is 0 Å². The second-order valence-electron chi connectivity index (χ2n) is 5.36. The van der Waals surface area contributed by atoms with Crippen LogP contribution in [-0.2, 0) is 6.42 Å². The fourth-order valence-electron chi connectivity index (χ4n) is 2.77. The molecule has 2 rings (SSSR count). The van der Waals surface area contributed by atoms with Crippen molar-refractivity contribution < 1.29 is 5.11 Å². The van der Waals surface area contributed by atoms with E-state index in [0.29, 0.717) is 5.82 Å². The number of aromatic nitrogens is 2. The molecule has 0 aromatic carbocycles. The highest BCUT2D eigenvalue weighted by Crippen LogP contribution is 2.28. The Bertz CT molecular complexity index is 449. The molecule has 2 unspecified atom stereocenters. The molecule has 3 N–H and O–H groups in total.